The van der Waals surface area contributed by atoms with Crippen molar-refractivity contribution in [1.29, 1.82) is 0 Å². The minimum absolute atomic E-state index is 0.0120. The van der Waals surface area contributed by atoms with Crippen molar-refractivity contribution in [2.75, 3.05) is 26.5 Å². The molecule has 1 aromatic carbocycles. The Hall–Kier alpha value is -2.42. The van der Waals surface area contributed by atoms with Gasteiger partial charge in [-0.15, -0.1) is 17.9 Å². The molecule has 0 radical (unpaired) electrons. The van der Waals surface area contributed by atoms with Gasteiger partial charge in [-0.1, -0.05) is 38.5 Å². The number of fused-ring (bicyclic) bond motifs is 1. The summed E-state index contributed by atoms with van der Waals surface area (Å²) in [7, 11) is 0.189. The Kier molecular flexibility index (Phi) is 9.55. The second kappa shape index (κ2) is 12.2. The van der Waals surface area contributed by atoms with E-state index in [9.17, 15) is 13.2 Å². The summed E-state index contributed by atoms with van der Waals surface area (Å²) in [5, 5.41) is 0.752. The van der Waals surface area contributed by atoms with Crippen molar-refractivity contribution in [1.82, 2.24) is 8.87 Å². The van der Waals surface area contributed by atoms with Gasteiger partial charge in [0.05, 0.1) is 18.8 Å². The number of thiophene rings is 1. The van der Waals surface area contributed by atoms with Gasteiger partial charge in [-0.05, 0) is 54.9 Å². The van der Waals surface area contributed by atoms with Crippen LogP contribution in [0.4, 0.5) is 0 Å². The minimum atomic E-state index is -3.25. The summed E-state index contributed by atoms with van der Waals surface area (Å²) in [5.41, 5.74) is 2.10. The maximum Gasteiger partial charge on any atom is 0.259 e. The molecule has 0 spiro atoms. The van der Waals surface area contributed by atoms with Gasteiger partial charge in [-0.25, -0.2) is 12.7 Å². The van der Waals surface area contributed by atoms with Crippen LogP contribution in [0.3, 0.4) is 0 Å². The van der Waals surface area contributed by atoms with Crippen LogP contribution < -0.4 is 10.3 Å². The third-order valence-electron chi connectivity index (χ3n) is 6.75. The normalized spacial score (nSPS) is 13.7. The smallest absolute Gasteiger partial charge is 0.259 e. The molecule has 2 heterocycles. The van der Waals surface area contributed by atoms with Gasteiger partial charge in [-0.2, -0.15) is 0 Å². The van der Waals surface area contributed by atoms with E-state index in [1.54, 1.807) is 40.4 Å². The van der Waals surface area contributed by atoms with Crippen LogP contribution in [0.2, 0.25) is 0 Å². The number of nitrogens with zero attached hydrogens (tertiary/aromatic N) is 2. The quantitative estimate of drug-likeness (QED) is 0.266. The Morgan fingerprint density at radius 1 is 1.25 bits per heavy atom. The average molecular weight is 531 g/mol. The zero-order chi connectivity index (χ0) is 26.5. The summed E-state index contributed by atoms with van der Waals surface area (Å²) in [5.74, 6) is 1.33. The predicted molar refractivity (Wildman–Crippen MR) is 152 cm³/mol. The number of pyridine rings is 1. The number of hydrogen-bond acceptors (Lipinski definition) is 5. The first-order chi connectivity index (χ1) is 17.1. The number of hydrogen-bond donors (Lipinski definition) is 0. The molecule has 0 N–H and O–H groups in total. The summed E-state index contributed by atoms with van der Waals surface area (Å²) in [6.07, 6.45) is 8.59. The molecule has 0 fully saturated rings. The highest BCUT2D eigenvalue weighted by atomic mass is 32.2. The number of rotatable bonds is 13. The summed E-state index contributed by atoms with van der Waals surface area (Å²) < 4.78 is 34.0. The predicted octanol–water partition coefficient (Wildman–Crippen LogP) is 5.71. The molecule has 1 unspecified atom stereocenters. The van der Waals surface area contributed by atoms with E-state index in [1.807, 2.05) is 43.5 Å². The molecule has 3 rings (SSSR count). The molecule has 0 aliphatic rings. The van der Waals surface area contributed by atoms with Gasteiger partial charge in [0.25, 0.3) is 5.56 Å². The van der Waals surface area contributed by atoms with Crippen molar-refractivity contribution in [2.24, 2.45) is 18.9 Å². The molecule has 0 saturated carbocycles. The summed E-state index contributed by atoms with van der Waals surface area (Å²) in [6, 6.07) is 9.96. The Balaban J connectivity index is 1.79. The standard InChI is InChI=1S/C28H38N2O4S2/c1-7-20(3)18-30(36(6,32)33)15-9-10-21(8-2)16-24-17-25-27(35-24)26(19-29(4)28(25)31)22-11-13-23(34-5)14-12-22/h7,11-14,17,19-21H,1,8-10,15-16,18H2,2-6H3/t20-,21?/m1/s1. The van der Waals surface area contributed by atoms with Crippen molar-refractivity contribution < 1.29 is 13.2 Å². The van der Waals surface area contributed by atoms with E-state index in [1.165, 1.54) is 11.1 Å². The zero-order valence-electron chi connectivity index (χ0n) is 22.0. The van der Waals surface area contributed by atoms with Crippen LogP contribution in [-0.4, -0.2) is 43.7 Å². The van der Waals surface area contributed by atoms with Gasteiger partial charge in [0, 0.05) is 41.5 Å². The molecule has 0 amide bonds. The van der Waals surface area contributed by atoms with Gasteiger partial charge in [0.1, 0.15) is 5.75 Å². The van der Waals surface area contributed by atoms with Gasteiger partial charge >= 0.3 is 0 Å². The molecule has 6 nitrogen and oxygen atoms in total. The lowest BCUT2D eigenvalue weighted by molar-refractivity contribution is 0.354. The number of sulfonamides is 1. The van der Waals surface area contributed by atoms with Crippen LogP contribution in [0.1, 0.15) is 38.0 Å². The molecule has 0 aliphatic heterocycles. The molecule has 2 aromatic heterocycles. The first-order valence-corrected chi connectivity index (χ1v) is 15.1. The van der Waals surface area contributed by atoms with Crippen LogP contribution >= 0.6 is 11.3 Å². The first-order valence-electron chi connectivity index (χ1n) is 12.4. The number of aryl methyl sites for hydroxylation is 1. The van der Waals surface area contributed by atoms with Crippen LogP contribution in [0, 0.1) is 11.8 Å². The molecule has 0 aliphatic carbocycles. The topological polar surface area (TPSA) is 68.6 Å². The number of ether oxygens (including phenoxy) is 1. The SMILES string of the molecule is C=C[C@@H](C)CN(CCCC(CC)Cc1cc2c(=O)n(C)cc(-c3ccc(OC)cc3)c2s1)S(C)(=O)=O. The fourth-order valence-electron chi connectivity index (χ4n) is 4.46. The lowest BCUT2D eigenvalue weighted by atomic mass is 9.95. The zero-order valence-corrected chi connectivity index (χ0v) is 23.6. The fourth-order valence-corrected chi connectivity index (χ4v) is 6.72. The van der Waals surface area contributed by atoms with E-state index in [0.29, 0.717) is 19.0 Å². The summed E-state index contributed by atoms with van der Waals surface area (Å²) in [4.78, 5) is 14.1. The molecule has 0 bridgehead atoms. The van der Waals surface area contributed by atoms with Crippen LogP contribution in [0.25, 0.3) is 21.2 Å². The maximum absolute atomic E-state index is 12.9. The number of aromatic nitrogens is 1. The van der Waals surface area contributed by atoms with Crippen LogP contribution in [0.5, 0.6) is 5.75 Å². The van der Waals surface area contributed by atoms with E-state index >= 15 is 0 Å². The van der Waals surface area contributed by atoms with Crippen molar-refractivity contribution in [3.8, 4) is 16.9 Å². The molecular formula is C28H38N2O4S2. The van der Waals surface area contributed by atoms with Crippen LogP contribution in [0.15, 0.2) is 54.0 Å². The van der Waals surface area contributed by atoms with Crippen molar-refractivity contribution in [2.45, 2.75) is 39.5 Å². The first kappa shape index (κ1) is 28.2. The fraction of sp³-hybridized carbons (Fsp3) is 0.464. The Bertz CT molecular complexity index is 1340. The van der Waals surface area contributed by atoms with Crippen molar-refractivity contribution in [3.63, 3.8) is 0 Å². The van der Waals surface area contributed by atoms with Crippen molar-refractivity contribution >= 4 is 31.4 Å². The average Bonchev–Trinajstić information content (AvgIpc) is 3.28. The Morgan fingerprint density at radius 3 is 2.53 bits per heavy atom. The Labute approximate surface area is 219 Å². The lowest BCUT2D eigenvalue weighted by Gasteiger charge is -2.23. The molecule has 0 saturated heterocycles. The monoisotopic (exact) mass is 530 g/mol. The largest absolute Gasteiger partial charge is 0.497 e. The van der Waals surface area contributed by atoms with Crippen molar-refractivity contribution in [3.05, 3.63) is 64.4 Å². The van der Waals surface area contributed by atoms with Crippen LogP contribution in [-0.2, 0) is 23.5 Å². The minimum Gasteiger partial charge on any atom is -0.497 e. The number of benzene rings is 1. The van der Waals surface area contributed by atoms with Gasteiger partial charge < -0.3 is 9.30 Å². The third-order valence-corrected chi connectivity index (χ3v) is 9.21. The lowest BCUT2D eigenvalue weighted by Crippen LogP contribution is -2.34. The molecule has 36 heavy (non-hydrogen) atoms. The van der Waals surface area contributed by atoms with Gasteiger partial charge in [-0.3, -0.25) is 4.79 Å². The maximum atomic E-state index is 12.9. The third kappa shape index (κ3) is 6.87. The molecule has 196 valence electrons. The molecule has 8 heteroatoms. The van der Waals surface area contributed by atoms with E-state index in [2.05, 4.69) is 13.5 Å². The highest BCUT2D eigenvalue weighted by molar-refractivity contribution is 7.88. The second-order valence-electron chi connectivity index (χ2n) is 9.60. The molecular weight excluding hydrogens is 492 g/mol. The van der Waals surface area contributed by atoms with Gasteiger partial charge in [0.15, 0.2) is 0 Å². The summed E-state index contributed by atoms with van der Waals surface area (Å²) in [6.45, 7) is 8.91. The van der Waals surface area contributed by atoms with E-state index in [-0.39, 0.29) is 11.5 Å². The molecule has 3 aromatic rings. The van der Waals surface area contributed by atoms with E-state index < -0.39 is 10.0 Å². The van der Waals surface area contributed by atoms with E-state index in [4.69, 9.17) is 4.74 Å². The second-order valence-corrected chi connectivity index (χ2v) is 12.7. The van der Waals surface area contributed by atoms with Gasteiger partial charge in [0.2, 0.25) is 10.0 Å². The highest BCUT2D eigenvalue weighted by Crippen LogP contribution is 2.35. The van der Waals surface area contributed by atoms with E-state index in [0.717, 1.165) is 52.6 Å². The highest BCUT2D eigenvalue weighted by Gasteiger charge is 2.20. The Morgan fingerprint density at radius 2 is 1.94 bits per heavy atom. The summed E-state index contributed by atoms with van der Waals surface area (Å²) >= 11 is 1.69. The number of methoxy groups -OCH3 is 1. The molecule has 2 atom stereocenters.